The number of aromatic nitrogens is 5. The van der Waals surface area contributed by atoms with Crippen LogP contribution in [0.5, 0.6) is 5.75 Å². The number of benzene rings is 1. The number of ether oxygens (including phenoxy) is 2. The fraction of sp³-hybridized carbons (Fsp3) is 0.394. The Morgan fingerprint density at radius 2 is 2.06 bits per heavy atom. The Morgan fingerprint density at radius 1 is 1.21 bits per heavy atom. The van der Waals surface area contributed by atoms with E-state index in [4.69, 9.17) is 19.4 Å². The first-order chi connectivity index (χ1) is 22.9. The maximum absolute atomic E-state index is 13.6. The molecule has 0 saturated heterocycles. The number of rotatable bonds is 10. The van der Waals surface area contributed by atoms with E-state index in [1.165, 1.54) is 23.6 Å². The summed E-state index contributed by atoms with van der Waals surface area (Å²) in [4.78, 5) is 56.4. The highest BCUT2D eigenvalue weighted by atomic mass is 32.2. The molecule has 0 unspecified atom stereocenters. The molecular weight excluding hydrogens is 620 g/mol. The summed E-state index contributed by atoms with van der Waals surface area (Å²) >= 11 is 1.82. The lowest BCUT2D eigenvalue weighted by Gasteiger charge is -2.34. The van der Waals surface area contributed by atoms with Crippen molar-refractivity contribution >= 4 is 52.2 Å². The van der Waals surface area contributed by atoms with Crippen LogP contribution < -0.4 is 20.5 Å². The molecule has 1 saturated carbocycles. The Bertz CT molecular complexity index is 1950. The van der Waals surface area contributed by atoms with E-state index in [9.17, 15) is 14.4 Å². The minimum Gasteiger partial charge on any atom is -0.480 e. The normalized spacial score (nSPS) is 16.1. The lowest BCUT2D eigenvalue weighted by Crippen LogP contribution is -2.41. The maximum Gasteiger partial charge on any atom is 0.409 e. The summed E-state index contributed by atoms with van der Waals surface area (Å²) in [6, 6.07) is 9.64. The van der Waals surface area contributed by atoms with E-state index < -0.39 is 0 Å². The quantitative estimate of drug-likeness (QED) is 0.193. The van der Waals surface area contributed by atoms with Gasteiger partial charge in [0, 0.05) is 36.9 Å². The number of thioether (sulfide) groups is 1. The van der Waals surface area contributed by atoms with Crippen LogP contribution in [-0.4, -0.2) is 79.5 Å². The standard InChI is InChI=1S/C33H36N8O5S/c1-4-13-40-30(43)23-17-34-31(35-22-7-8-24-21(16-22)18-38(32(44)45-3)20-33(24)11-12-33)37-28(23)41(40)26-10-9-25-29(36-26)39(27(42)19-46-25)14-6-15-47-5-2/h4,7-10,16-17H,1,5-6,11-15,18-20H2,2-3H3,(H,34,35,37). The van der Waals surface area contributed by atoms with E-state index in [0.717, 1.165) is 42.0 Å². The van der Waals surface area contributed by atoms with Crippen molar-refractivity contribution in [2.45, 2.75) is 44.7 Å². The van der Waals surface area contributed by atoms with Gasteiger partial charge in [-0.05, 0) is 66.2 Å². The molecule has 0 bridgehead atoms. The molecule has 3 aromatic heterocycles. The van der Waals surface area contributed by atoms with Gasteiger partial charge in [0.1, 0.15) is 5.39 Å². The number of allylic oxidation sites excluding steroid dienone is 1. The molecule has 4 aromatic rings. The minimum absolute atomic E-state index is 0.0125. The average molecular weight is 657 g/mol. The van der Waals surface area contributed by atoms with Crippen molar-refractivity contribution < 1.29 is 19.1 Å². The molecular formula is C33H36N8O5S. The van der Waals surface area contributed by atoms with Gasteiger partial charge >= 0.3 is 6.09 Å². The second kappa shape index (κ2) is 12.4. The first-order valence-electron chi connectivity index (χ1n) is 15.7. The molecule has 3 aliphatic rings. The van der Waals surface area contributed by atoms with Gasteiger partial charge in [-0.15, -0.1) is 6.58 Å². The summed E-state index contributed by atoms with van der Waals surface area (Å²) in [5.41, 5.74) is 3.10. The molecule has 47 heavy (non-hydrogen) atoms. The van der Waals surface area contributed by atoms with Crippen LogP contribution in [0.15, 0.2) is 54.0 Å². The highest BCUT2D eigenvalue weighted by Crippen LogP contribution is 2.52. The zero-order chi connectivity index (χ0) is 32.7. The Balaban J connectivity index is 1.25. The number of hydrogen-bond donors (Lipinski definition) is 1. The molecule has 14 heteroatoms. The molecule has 1 fully saturated rings. The number of anilines is 3. The highest BCUT2D eigenvalue weighted by molar-refractivity contribution is 7.99. The SMILES string of the molecule is C=CCn1c(=O)c2cnc(Nc3ccc4c(c3)CN(C(=O)OC)CC43CC3)nc2n1-c1ccc2c(n1)N(CCCSCC)C(=O)CO2. The lowest BCUT2D eigenvalue weighted by atomic mass is 9.87. The van der Waals surface area contributed by atoms with Gasteiger partial charge in [-0.3, -0.25) is 14.5 Å². The van der Waals surface area contributed by atoms with Gasteiger partial charge in [0.15, 0.2) is 29.6 Å². The molecule has 1 aliphatic carbocycles. The molecule has 5 heterocycles. The number of fused-ring (bicyclic) bond motifs is 4. The van der Waals surface area contributed by atoms with Crippen molar-refractivity contribution in [3.05, 3.63) is 70.7 Å². The fourth-order valence-electron chi connectivity index (χ4n) is 6.49. The fourth-order valence-corrected chi connectivity index (χ4v) is 7.11. The van der Waals surface area contributed by atoms with Crippen molar-refractivity contribution in [1.82, 2.24) is 29.2 Å². The molecule has 1 aromatic carbocycles. The van der Waals surface area contributed by atoms with Crippen molar-refractivity contribution in [2.24, 2.45) is 0 Å². The molecule has 0 radical (unpaired) electrons. The van der Waals surface area contributed by atoms with E-state index in [1.54, 1.807) is 32.7 Å². The van der Waals surface area contributed by atoms with Crippen LogP contribution in [0, 0.1) is 0 Å². The summed E-state index contributed by atoms with van der Waals surface area (Å²) < 4.78 is 13.9. The summed E-state index contributed by atoms with van der Waals surface area (Å²) in [6.45, 7) is 7.73. The van der Waals surface area contributed by atoms with Crippen molar-refractivity contribution in [1.29, 1.82) is 0 Å². The number of pyridine rings is 1. The maximum atomic E-state index is 13.6. The summed E-state index contributed by atoms with van der Waals surface area (Å²) in [5.74, 6) is 3.39. The van der Waals surface area contributed by atoms with Crippen molar-refractivity contribution in [3.8, 4) is 11.6 Å². The van der Waals surface area contributed by atoms with E-state index in [0.29, 0.717) is 48.1 Å². The molecule has 0 atom stereocenters. The van der Waals surface area contributed by atoms with Crippen LogP contribution in [0.25, 0.3) is 16.9 Å². The number of carbonyl (C=O) groups excluding carboxylic acids is 2. The zero-order valence-electron chi connectivity index (χ0n) is 26.4. The lowest BCUT2D eigenvalue weighted by molar-refractivity contribution is -0.121. The minimum atomic E-state index is -0.332. The number of nitrogens with one attached hydrogen (secondary N) is 1. The van der Waals surface area contributed by atoms with E-state index in [1.807, 2.05) is 23.9 Å². The van der Waals surface area contributed by atoms with E-state index >= 15 is 0 Å². The molecule has 7 rings (SSSR count). The molecule has 1 spiro atoms. The first kappa shape index (κ1) is 30.8. The van der Waals surface area contributed by atoms with Crippen molar-refractivity contribution in [2.75, 3.05) is 48.5 Å². The monoisotopic (exact) mass is 656 g/mol. The number of carbonyl (C=O) groups is 2. The second-order valence-electron chi connectivity index (χ2n) is 11.9. The largest absolute Gasteiger partial charge is 0.480 e. The Hall–Kier alpha value is -4.85. The molecule has 2 aliphatic heterocycles. The smallest absolute Gasteiger partial charge is 0.409 e. The zero-order valence-corrected chi connectivity index (χ0v) is 27.2. The van der Waals surface area contributed by atoms with Crippen molar-refractivity contribution in [3.63, 3.8) is 0 Å². The molecule has 13 nitrogen and oxygen atoms in total. The van der Waals surface area contributed by atoms with Gasteiger partial charge in [0.25, 0.3) is 11.5 Å². The number of methoxy groups -OCH3 is 1. The highest BCUT2D eigenvalue weighted by Gasteiger charge is 2.50. The Kier molecular flexibility index (Phi) is 8.12. The van der Waals surface area contributed by atoms with E-state index in [2.05, 4.69) is 29.9 Å². The Morgan fingerprint density at radius 3 is 2.83 bits per heavy atom. The van der Waals surface area contributed by atoms with Crippen LogP contribution in [0.3, 0.4) is 0 Å². The molecule has 244 valence electrons. The first-order valence-corrected chi connectivity index (χ1v) is 16.9. The van der Waals surface area contributed by atoms with Gasteiger partial charge in [-0.2, -0.15) is 16.7 Å². The van der Waals surface area contributed by atoms with Crippen LogP contribution >= 0.6 is 11.8 Å². The molecule has 2 amide bonds. The van der Waals surface area contributed by atoms with Crippen LogP contribution in [0.4, 0.5) is 22.2 Å². The van der Waals surface area contributed by atoms with Gasteiger partial charge in [0.05, 0.1) is 13.7 Å². The van der Waals surface area contributed by atoms with Crippen LogP contribution in [-0.2, 0) is 28.0 Å². The summed E-state index contributed by atoms with van der Waals surface area (Å²) in [6.07, 6.45) is 5.68. The number of amides is 2. The predicted octanol–water partition coefficient (Wildman–Crippen LogP) is 4.39. The predicted molar refractivity (Wildman–Crippen MR) is 180 cm³/mol. The van der Waals surface area contributed by atoms with Crippen LogP contribution in [0.1, 0.15) is 37.3 Å². The molecule has 1 N–H and O–H groups in total. The van der Waals surface area contributed by atoms with Gasteiger partial charge in [-0.1, -0.05) is 19.1 Å². The number of nitrogens with zero attached hydrogens (tertiary/aromatic N) is 7. The van der Waals surface area contributed by atoms with Gasteiger partial charge in [0.2, 0.25) is 5.95 Å². The van der Waals surface area contributed by atoms with E-state index in [-0.39, 0.29) is 42.1 Å². The van der Waals surface area contributed by atoms with Gasteiger partial charge < -0.3 is 19.7 Å². The third-order valence-electron chi connectivity index (χ3n) is 8.88. The van der Waals surface area contributed by atoms with Gasteiger partial charge in [-0.25, -0.2) is 24.1 Å². The Labute approximate surface area is 275 Å². The summed E-state index contributed by atoms with van der Waals surface area (Å²) in [7, 11) is 1.40. The third kappa shape index (κ3) is 5.60. The van der Waals surface area contributed by atoms with Crippen LogP contribution in [0.2, 0.25) is 0 Å². The number of hydrogen-bond acceptors (Lipinski definition) is 10. The average Bonchev–Trinajstić information content (AvgIpc) is 3.79. The second-order valence-corrected chi connectivity index (χ2v) is 13.3. The summed E-state index contributed by atoms with van der Waals surface area (Å²) in [5, 5.41) is 3.60. The third-order valence-corrected chi connectivity index (χ3v) is 9.86. The topological polar surface area (TPSA) is 137 Å².